The zero-order chi connectivity index (χ0) is 26.5. The van der Waals surface area contributed by atoms with Gasteiger partial charge in [0.1, 0.15) is 5.82 Å². The molecule has 1 aromatic heterocycles. The minimum Gasteiger partial charge on any atom is -0.479 e. The molecule has 190 valence electrons. The summed E-state index contributed by atoms with van der Waals surface area (Å²) in [5.74, 6) is -3.01. The van der Waals surface area contributed by atoms with Gasteiger partial charge in [-0.3, -0.25) is 9.78 Å². The summed E-state index contributed by atoms with van der Waals surface area (Å²) < 4.78 is 14.1. The Morgan fingerprint density at radius 2 is 1.76 bits per heavy atom. The second kappa shape index (κ2) is 11.2. The second-order valence-corrected chi connectivity index (χ2v) is 8.77. The number of hydrogen-bond donors (Lipinski definition) is 4. The molecule has 0 bridgehead atoms. The van der Waals surface area contributed by atoms with Crippen molar-refractivity contribution < 1.29 is 24.2 Å². The number of aliphatic hydroxyl groups excluding tert-OH is 1. The molecule has 0 spiro atoms. The van der Waals surface area contributed by atoms with Crippen molar-refractivity contribution in [2.24, 2.45) is 0 Å². The molecule has 0 aliphatic carbocycles. The van der Waals surface area contributed by atoms with Crippen LogP contribution in [0.25, 0.3) is 16.8 Å². The smallest absolute Gasteiger partial charge is 0.348 e. The highest BCUT2D eigenvalue weighted by Crippen LogP contribution is 2.23. The Morgan fingerprint density at radius 3 is 2.41 bits per heavy atom. The molecule has 0 fully saturated rings. The lowest BCUT2D eigenvalue weighted by Gasteiger charge is -2.20. The van der Waals surface area contributed by atoms with Crippen molar-refractivity contribution in [3.63, 3.8) is 0 Å². The first kappa shape index (κ1) is 25.8. The van der Waals surface area contributed by atoms with Crippen LogP contribution in [-0.4, -0.2) is 49.0 Å². The predicted octanol–water partition coefficient (Wildman–Crippen LogP) is 3.20. The standard InChI is InChI=1S/C26H22ClFN4O5/c27-18-3-1-2-17(13-18)16-6-4-15(5-7-16)12-20(14-22(33)25(35)36)29-24(34)23-30-26(37)32(31-23)21-10-8-19(28)9-11-21/h1-11,13,20,22,33H,12,14H2,(H,29,34)(H,35,36)(H,30,31,37). The highest BCUT2D eigenvalue weighted by atomic mass is 35.5. The third kappa shape index (κ3) is 6.49. The van der Waals surface area contributed by atoms with E-state index in [2.05, 4.69) is 15.4 Å². The minimum absolute atomic E-state index is 0.203. The maximum atomic E-state index is 13.2. The number of rotatable bonds is 9. The molecule has 0 saturated heterocycles. The molecule has 4 aromatic rings. The van der Waals surface area contributed by atoms with Crippen LogP contribution in [0.1, 0.15) is 22.6 Å². The molecule has 3 aromatic carbocycles. The highest BCUT2D eigenvalue weighted by molar-refractivity contribution is 6.30. The van der Waals surface area contributed by atoms with Crippen molar-refractivity contribution in [2.75, 3.05) is 0 Å². The van der Waals surface area contributed by atoms with Crippen LogP contribution in [0.4, 0.5) is 4.39 Å². The van der Waals surface area contributed by atoms with Gasteiger partial charge in [0.25, 0.3) is 5.91 Å². The van der Waals surface area contributed by atoms with Crippen molar-refractivity contribution in [1.29, 1.82) is 0 Å². The Hall–Kier alpha value is -4.28. The number of carboxylic acid groups (broad SMARTS) is 1. The number of benzene rings is 3. The van der Waals surface area contributed by atoms with E-state index in [0.29, 0.717) is 5.02 Å². The van der Waals surface area contributed by atoms with Crippen LogP contribution in [0.2, 0.25) is 5.02 Å². The Bertz CT molecular complexity index is 1470. The molecular weight excluding hydrogens is 503 g/mol. The van der Waals surface area contributed by atoms with E-state index in [1.807, 2.05) is 42.5 Å². The van der Waals surface area contributed by atoms with Crippen molar-refractivity contribution in [3.8, 4) is 16.8 Å². The Kier molecular flexibility index (Phi) is 7.80. The van der Waals surface area contributed by atoms with Crippen LogP contribution in [0.15, 0.2) is 77.6 Å². The first-order valence-corrected chi connectivity index (χ1v) is 11.6. The average Bonchev–Trinajstić information content (AvgIpc) is 3.26. The van der Waals surface area contributed by atoms with Crippen LogP contribution in [0, 0.1) is 5.82 Å². The maximum Gasteiger partial charge on any atom is 0.348 e. The van der Waals surface area contributed by atoms with Gasteiger partial charge >= 0.3 is 11.7 Å². The zero-order valence-corrected chi connectivity index (χ0v) is 20.0. The second-order valence-electron chi connectivity index (χ2n) is 8.34. The van der Waals surface area contributed by atoms with E-state index >= 15 is 0 Å². The number of aliphatic hydroxyl groups is 1. The molecule has 0 radical (unpaired) electrons. The molecule has 11 heteroatoms. The van der Waals surface area contributed by atoms with Gasteiger partial charge in [-0.05, 0) is 59.5 Å². The van der Waals surface area contributed by atoms with Gasteiger partial charge in [-0.25, -0.2) is 14.0 Å². The molecule has 1 amide bonds. The van der Waals surface area contributed by atoms with Gasteiger partial charge in [0.2, 0.25) is 5.82 Å². The average molecular weight is 525 g/mol. The maximum absolute atomic E-state index is 13.2. The molecule has 0 saturated carbocycles. The van der Waals surface area contributed by atoms with Crippen molar-refractivity contribution in [3.05, 3.63) is 106 Å². The fourth-order valence-electron chi connectivity index (χ4n) is 3.79. The molecule has 0 aliphatic rings. The third-order valence-corrected chi connectivity index (χ3v) is 5.86. The van der Waals surface area contributed by atoms with Crippen molar-refractivity contribution in [2.45, 2.75) is 25.0 Å². The van der Waals surface area contributed by atoms with E-state index < -0.39 is 35.5 Å². The van der Waals surface area contributed by atoms with Gasteiger partial charge < -0.3 is 15.5 Å². The number of nitrogens with one attached hydrogen (secondary N) is 2. The number of amides is 1. The van der Waals surface area contributed by atoms with Gasteiger partial charge in [-0.15, -0.1) is 5.10 Å². The van der Waals surface area contributed by atoms with Gasteiger partial charge in [0, 0.05) is 17.5 Å². The molecule has 0 aliphatic heterocycles. The van der Waals surface area contributed by atoms with Crippen LogP contribution >= 0.6 is 11.6 Å². The number of carbonyl (C=O) groups is 2. The van der Waals surface area contributed by atoms with Crippen molar-refractivity contribution >= 4 is 23.5 Å². The normalized spacial score (nSPS) is 12.6. The molecule has 2 atom stereocenters. The number of nitrogens with zero attached hydrogens (tertiary/aromatic N) is 2. The first-order chi connectivity index (χ1) is 17.7. The summed E-state index contributed by atoms with van der Waals surface area (Å²) >= 11 is 6.06. The summed E-state index contributed by atoms with van der Waals surface area (Å²) in [6.07, 6.45) is -1.79. The molecule has 4 N–H and O–H groups in total. The van der Waals surface area contributed by atoms with E-state index in [0.717, 1.165) is 33.5 Å². The van der Waals surface area contributed by atoms with E-state index in [1.165, 1.54) is 12.1 Å². The largest absolute Gasteiger partial charge is 0.479 e. The molecule has 9 nitrogen and oxygen atoms in total. The van der Waals surface area contributed by atoms with E-state index in [9.17, 15) is 23.9 Å². The van der Waals surface area contributed by atoms with E-state index in [-0.39, 0.29) is 24.4 Å². The SMILES string of the molecule is O=C(NC(Cc1ccc(-c2cccc(Cl)c2)cc1)CC(O)C(=O)O)c1nn(-c2ccc(F)cc2)c(=O)[nH]1. The number of aliphatic carboxylic acids is 1. The summed E-state index contributed by atoms with van der Waals surface area (Å²) in [5, 5.41) is 26.3. The molecular formula is C26H22ClFN4O5. The summed E-state index contributed by atoms with van der Waals surface area (Å²) in [6, 6.07) is 18.9. The minimum atomic E-state index is -1.72. The first-order valence-electron chi connectivity index (χ1n) is 11.2. The van der Waals surface area contributed by atoms with Crippen LogP contribution in [-0.2, 0) is 11.2 Å². The Balaban J connectivity index is 1.52. The van der Waals surface area contributed by atoms with Gasteiger partial charge in [0.15, 0.2) is 6.10 Å². The van der Waals surface area contributed by atoms with Crippen LogP contribution in [0.5, 0.6) is 0 Å². The monoisotopic (exact) mass is 524 g/mol. The summed E-state index contributed by atoms with van der Waals surface area (Å²) in [4.78, 5) is 38.7. The number of aromatic nitrogens is 3. The van der Waals surface area contributed by atoms with Gasteiger partial charge in [-0.1, -0.05) is 48.0 Å². The third-order valence-electron chi connectivity index (χ3n) is 5.63. The summed E-state index contributed by atoms with van der Waals surface area (Å²) in [7, 11) is 0. The lowest BCUT2D eigenvalue weighted by Crippen LogP contribution is -2.41. The number of H-pyrrole nitrogens is 1. The van der Waals surface area contributed by atoms with Crippen LogP contribution < -0.4 is 11.0 Å². The number of halogens is 2. The Labute approximate surface area is 215 Å². The number of aromatic amines is 1. The highest BCUT2D eigenvalue weighted by Gasteiger charge is 2.24. The van der Waals surface area contributed by atoms with Gasteiger partial charge in [0.05, 0.1) is 5.69 Å². The quantitative estimate of drug-likeness (QED) is 0.265. The predicted molar refractivity (Wildman–Crippen MR) is 134 cm³/mol. The number of hydrogen-bond acceptors (Lipinski definition) is 5. The van der Waals surface area contributed by atoms with Gasteiger partial charge in [-0.2, -0.15) is 4.68 Å². The number of carbonyl (C=O) groups excluding carboxylic acids is 1. The lowest BCUT2D eigenvalue weighted by atomic mass is 9.98. The zero-order valence-electron chi connectivity index (χ0n) is 19.3. The topological polar surface area (TPSA) is 137 Å². The fraction of sp³-hybridized carbons (Fsp3) is 0.154. The summed E-state index contributed by atoms with van der Waals surface area (Å²) in [5.41, 5.74) is 2.15. The lowest BCUT2D eigenvalue weighted by molar-refractivity contribution is -0.147. The molecule has 4 rings (SSSR count). The fourth-order valence-corrected chi connectivity index (χ4v) is 3.98. The number of carboxylic acids is 1. The molecule has 37 heavy (non-hydrogen) atoms. The van der Waals surface area contributed by atoms with Crippen LogP contribution in [0.3, 0.4) is 0 Å². The Morgan fingerprint density at radius 1 is 1.05 bits per heavy atom. The van der Waals surface area contributed by atoms with E-state index in [1.54, 1.807) is 6.07 Å². The van der Waals surface area contributed by atoms with E-state index in [4.69, 9.17) is 16.7 Å². The summed E-state index contributed by atoms with van der Waals surface area (Å²) in [6.45, 7) is 0. The molecule has 2 unspecified atom stereocenters. The van der Waals surface area contributed by atoms with Crippen molar-refractivity contribution in [1.82, 2.24) is 20.1 Å². The molecule has 1 heterocycles.